The third-order valence-corrected chi connectivity index (χ3v) is 3.14. The summed E-state index contributed by atoms with van der Waals surface area (Å²) in [4.78, 5) is 14.7. The molecule has 4 N–H and O–H groups in total. The van der Waals surface area contributed by atoms with Crippen LogP contribution in [0.1, 0.15) is 15.9 Å². The van der Waals surface area contributed by atoms with Crippen molar-refractivity contribution in [3.05, 3.63) is 32.2 Å². The Balaban J connectivity index is 3.39. The van der Waals surface area contributed by atoms with E-state index in [-0.39, 0.29) is 14.5 Å². The van der Waals surface area contributed by atoms with Gasteiger partial charge in [-0.2, -0.15) is 18.2 Å². The Morgan fingerprint density at radius 3 is 2.17 bits per heavy atom. The Kier molecular flexibility index (Phi) is 4.38. The quantitative estimate of drug-likeness (QED) is 0.573. The Hall–Kier alpha value is -1.09. The smallest absolute Gasteiger partial charge is 0.370 e. The molecule has 98 valence electrons. The standard InChI is InChI=1S/C9H6Br2F3N3O/c10-5-2-6(11)4(9(12,13)14)1-3(5)7(18)17-8(15)16/h1-2H,(H4,15,16,17,18). The molecule has 0 spiro atoms. The summed E-state index contributed by atoms with van der Waals surface area (Å²) in [5, 5.41) is 0. The second kappa shape index (κ2) is 5.27. The van der Waals surface area contributed by atoms with E-state index in [4.69, 9.17) is 11.5 Å². The average molecular weight is 389 g/mol. The number of amides is 1. The Morgan fingerprint density at radius 1 is 1.17 bits per heavy atom. The van der Waals surface area contributed by atoms with Gasteiger partial charge in [-0.3, -0.25) is 4.79 Å². The van der Waals surface area contributed by atoms with Gasteiger partial charge in [-0.25, -0.2) is 0 Å². The van der Waals surface area contributed by atoms with Crippen molar-refractivity contribution in [1.82, 2.24) is 0 Å². The zero-order chi connectivity index (χ0) is 14.1. The van der Waals surface area contributed by atoms with Crippen molar-refractivity contribution in [2.24, 2.45) is 16.5 Å². The van der Waals surface area contributed by atoms with Gasteiger partial charge in [0.05, 0.1) is 11.1 Å². The van der Waals surface area contributed by atoms with Crippen molar-refractivity contribution in [2.45, 2.75) is 6.18 Å². The average Bonchev–Trinajstić information content (AvgIpc) is 2.13. The molecule has 0 aromatic heterocycles. The molecular weight excluding hydrogens is 383 g/mol. The lowest BCUT2D eigenvalue weighted by molar-refractivity contribution is -0.138. The van der Waals surface area contributed by atoms with Gasteiger partial charge in [0.1, 0.15) is 0 Å². The molecule has 1 rings (SSSR count). The van der Waals surface area contributed by atoms with Gasteiger partial charge in [0.2, 0.25) is 0 Å². The first kappa shape index (κ1) is 15.0. The third-order valence-electron chi connectivity index (χ3n) is 1.82. The highest BCUT2D eigenvalue weighted by molar-refractivity contribution is 9.11. The van der Waals surface area contributed by atoms with Crippen LogP contribution in [0.5, 0.6) is 0 Å². The highest BCUT2D eigenvalue weighted by Gasteiger charge is 2.34. The predicted molar refractivity (Wildman–Crippen MR) is 67.0 cm³/mol. The summed E-state index contributed by atoms with van der Waals surface area (Å²) in [6, 6.07) is 1.78. The van der Waals surface area contributed by atoms with Crippen molar-refractivity contribution in [2.75, 3.05) is 0 Å². The van der Waals surface area contributed by atoms with Crippen molar-refractivity contribution >= 4 is 43.7 Å². The van der Waals surface area contributed by atoms with Gasteiger partial charge in [0.15, 0.2) is 5.96 Å². The van der Waals surface area contributed by atoms with Crippen LogP contribution in [0.3, 0.4) is 0 Å². The first-order valence-corrected chi connectivity index (χ1v) is 5.91. The monoisotopic (exact) mass is 387 g/mol. The number of hydrogen-bond acceptors (Lipinski definition) is 1. The molecule has 18 heavy (non-hydrogen) atoms. The first-order valence-electron chi connectivity index (χ1n) is 4.33. The maximum absolute atomic E-state index is 12.6. The number of carbonyl (C=O) groups is 1. The molecular formula is C9H6Br2F3N3O. The van der Waals surface area contributed by atoms with E-state index in [1.807, 2.05) is 0 Å². The molecule has 1 aromatic rings. The second-order valence-electron chi connectivity index (χ2n) is 3.15. The third kappa shape index (κ3) is 3.45. The van der Waals surface area contributed by atoms with Crippen LogP contribution in [0.4, 0.5) is 13.2 Å². The van der Waals surface area contributed by atoms with E-state index in [1.165, 1.54) is 0 Å². The molecule has 0 saturated carbocycles. The van der Waals surface area contributed by atoms with Gasteiger partial charge in [-0.1, -0.05) is 15.9 Å². The summed E-state index contributed by atoms with van der Waals surface area (Å²) in [5.41, 5.74) is 8.72. The molecule has 0 heterocycles. The SMILES string of the molecule is NC(N)=NC(=O)c1cc(C(F)(F)F)c(Br)cc1Br. The summed E-state index contributed by atoms with van der Waals surface area (Å²) < 4.78 is 37.9. The van der Waals surface area contributed by atoms with E-state index < -0.39 is 23.6 Å². The van der Waals surface area contributed by atoms with Crippen molar-refractivity contribution in [1.29, 1.82) is 0 Å². The number of benzene rings is 1. The van der Waals surface area contributed by atoms with Crippen molar-refractivity contribution in [3.63, 3.8) is 0 Å². The minimum atomic E-state index is -4.59. The first-order chi connectivity index (χ1) is 8.12. The van der Waals surface area contributed by atoms with E-state index >= 15 is 0 Å². The van der Waals surface area contributed by atoms with Crippen LogP contribution in [0, 0.1) is 0 Å². The highest BCUT2D eigenvalue weighted by Crippen LogP contribution is 2.37. The molecule has 0 atom stereocenters. The maximum Gasteiger partial charge on any atom is 0.417 e. The zero-order valence-electron chi connectivity index (χ0n) is 8.55. The summed E-state index contributed by atoms with van der Waals surface area (Å²) >= 11 is 5.74. The van der Waals surface area contributed by atoms with Crippen LogP contribution in [0.2, 0.25) is 0 Å². The molecule has 0 aliphatic rings. The van der Waals surface area contributed by atoms with Gasteiger partial charge in [-0.15, -0.1) is 0 Å². The minimum Gasteiger partial charge on any atom is -0.370 e. The molecule has 1 aromatic carbocycles. The van der Waals surface area contributed by atoms with E-state index in [0.29, 0.717) is 6.07 Å². The number of guanidine groups is 1. The summed E-state index contributed by atoms with van der Waals surface area (Å²) in [6.07, 6.45) is -4.59. The van der Waals surface area contributed by atoms with Crippen LogP contribution in [-0.4, -0.2) is 11.9 Å². The molecule has 0 unspecified atom stereocenters. The predicted octanol–water partition coefficient (Wildman–Crippen LogP) is 2.64. The van der Waals surface area contributed by atoms with Gasteiger partial charge < -0.3 is 11.5 Å². The lowest BCUT2D eigenvalue weighted by atomic mass is 10.1. The fourth-order valence-electron chi connectivity index (χ4n) is 1.11. The van der Waals surface area contributed by atoms with Crippen LogP contribution >= 0.6 is 31.9 Å². The van der Waals surface area contributed by atoms with E-state index in [0.717, 1.165) is 6.07 Å². The summed E-state index contributed by atoms with van der Waals surface area (Å²) in [7, 11) is 0. The molecule has 0 saturated heterocycles. The maximum atomic E-state index is 12.6. The highest BCUT2D eigenvalue weighted by atomic mass is 79.9. The van der Waals surface area contributed by atoms with Gasteiger partial charge >= 0.3 is 6.18 Å². The van der Waals surface area contributed by atoms with Crippen LogP contribution in [-0.2, 0) is 6.18 Å². The fourth-order valence-corrected chi connectivity index (χ4v) is 2.50. The number of halogens is 5. The second-order valence-corrected chi connectivity index (χ2v) is 4.86. The topological polar surface area (TPSA) is 81.5 Å². The van der Waals surface area contributed by atoms with E-state index in [2.05, 4.69) is 36.9 Å². The lowest BCUT2D eigenvalue weighted by Gasteiger charge is -2.11. The fraction of sp³-hybridized carbons (Fsp3) is 0.111. The molecule has 0 bridgehead atoms. The number of carbonyl (C=O) groups excluding carboxylic acids is 1. The van der Waals surface area contributed by atoms with Crippen molar-refractivity contribution in [3.8, 4) is 0 Å². The summed E-state index contributed by atoms with van der Waals surface area (Å²) in [5.74, 6) is -1.48. The largest absolute Gasteiger partial charge is 0.417 e. The zero-order valence-corrected chi connectivity index (χ0v) is 11.7. The number of rotatable bonds is 1. The number of aliphatic imine (C=N–C) groups is 1. The number of alkyl halides is 3. The van der Waals surface area contributed by atoms with Gasteiger partial charge in [-0.05, 0) is 28.1 Å². The van der Waals surface area contributed by atoms with Crippen LogP contribution < -0.4 is 11.5 Å². The molecule has 1 amide bonds. The minimum absolute atomic E-state index is 0.150. The molecule has 0 fully saturated rings. The molecule has 0 aliphatic carbocycles. The van der Waals surface area contributed by atoms with Gasteiger partial charge in [0, 0.05) is 8.95 Å². The molecule has 4 nitrogen and oxygen atoms in total. The number of nitrogens with two attached hydrogens (primary N) is 2. The summed E-state index contributed by atoms with van der Waals surface area (Å²) in [6.45, 7) is 0. The normalized spacial score (nSPS) is 11.2. The Bertz CT molecular complexity index is 525. The van der Waals surface area contributed by atoms with Crippen LogP contribution in [0.15, 0.2) is 26.1 Å². The van der Waals surface area contributed by atoms with E-state index in [9.17, 15) is 18.0 Å². The Morgan fingerprint density at radius 2 is 1.72 bits per heavy atom. The number of hydrogen-bond donors (Lipinski definition) is 2. The lowest BCUT2D eigenvalue weighted by Crippen LogP contribution is -2.24. The molecule has 0 radical (unpaired) electrons. The number of nitrogens with zero attached hydrogens (tertiary/aromatic N) is 1. The van der Waals surface area contributed by atoms with Gasteiger partial charge in [0.25, 0.3) is 5.91 Å². The van der Waals surface area contributed by atoms with Crippen molar-refractivity contribution < 1.29 is 18.0 Å². The molecule has 0 aliphatic heterocycles. The van der Waals surface area contributed by atoms with Crippen LogP contribution in [0.25, 0.3) is 0 Å². The molecule has 9 heteroatoms. The Labute approximate surface area is 116 Å². The van der Waals surface area contributed by atoms with E-state index in [1.54, 1.807) is 0 Å².